The van der Waals surface area contributed by atoms with Gasteiger partial charge in [0, 0.05) is 40.6 Å². The molecule has 236 valence electrons. The number of carbonyl (C=O) groups is 1. The highest BCUT2D eigenvalue weighted by atomic mass is 16.5. The number of anilines is 1. The molecule has 1 saturated carbocycles. The second-order valence-electron chi connectivity index (χ2n) is 10.9. The minimum Gasteiger partial charge on any atom is -0.497 e. The van der Waals surface area contributed by atoms with E-state index in [1.807, 2.05) is 43.3 Å². The molecule has 0 spiro atoms. The first kappa shape index (κ1) is 30.4. The normalized spacial score (nSPS) is 17.2. The largest absolute Gasteiger partial charge is 0.497 e. The molecule has 0 radical (unpaired) electrons. The summed E-state index contributed by atoms with van der Waals surface area (Å²) in [5, 5.41) is 13.2. The first-order valence-corrected chi connectivity index (χ1v) is 14.8. The molecule has 3 heterocycles. The van der Waals surface area contributed by atoms with Crippen molar-refractivity contribution in [3.05, 3.63) is 87.8 Å². The van der Waals surface area contributed by atoms with E-state index in [1.165, 1.54) is 0 Å². The predicted octanol–water partition coefficient (Wildman–Crippen LogP) is 5.96. The summed E-state index contributed by atoms with van der Waals surface area (Å²) in [4.78, 5) is 29.5. The zero-order chi connectivity index (χ0) is 32.3. The molecule has 1 aliphatic rings. The second kappa shape index (κ2) is 12.8. The number of hydrogen-bond acceptors (Lipinski definition) is 11. The van der Waals surface area contributed by atoms with Crippen molar-refractivity contribution in [1.82, 2.24) is 24.6 Å². The Labute approximate surface area is 264 Å². The third-order valence-electron chi connectivity index (χ3n) is 8.15. The smallest absolute Gasteiger partial charge is 0.356 e. The maximum absolute atomic E-state index is 12.2. The van der Waals surface area contributed by atoms with Gasteiger partial charge < -0.3 is 24.3 Å². The van der Waals surface area contributed by atoms with Crippen LogP contribution >= 0.6 is 0 Å². The van der Waals surface area contributed by atoms with Crippen LogP contribution in [0.3, 0.4) is 0 Å². The van der Waals surface area contributed by atoms with Crippen molar-refractivity contribution in [3.8, 4) is 17.2 Å². The van der Waals surface area contributed by atoms with Gasteiger partial charge in [-0.1, -0.05) is 24.2 Å². The fourth-order valence-electron chi connectivity index (χ4n) is 5.70. The van der Waals surface area contributed by atoms with E-state index < -0.39 is 11.5 Å². The van der Waals surface area contributed by atoms with Crippen molar-refractivity contribution < 1.29 is 23.7 Å². The van der Waals surface area contributed by atoms with Crippen LogP contribution < -0.4 is 19.5 Å². The molecular weight excluding hydrogens is 590 g/mol. The summed E-state index contributed by atoms with van der Waals surface area (Å²) in [6.45, 7) is 2.64. The number of azide groups is 1. The fourth-order valence-corrected chi connectivity index (χ4v) is 5.70. The number of hydrogen-bond donors (Lipinski definition) is 1. The second-order valence-corrected chi connectivity index (χ2v) is 10.9. The van der Waals surface area contributed by atoms with Gasteiger partial charge in [0.05, 0.1) is 33.5 Å². The van der Waals surface area contributed by atoms with Crippen LogP contribution in [0.15, 0.2) is 59.8 Å². The lowest BCUT2D eigenvalue weighted by molar-refractivity contribution is 0.0498. The lowest BCUT2D eigenvalue weighted by Crippen LogP contribution is -2.38. The predicted molar refractivity (Wildman–Crippen MR) is 169 cm³/mol. The van der Waals surface area contributed by atoms with Gasteiger partial charge in [-0.25, -0.2) is 19.7 Å². The zero-order valence-corrected chi connectivity index (χ0v) is 25.9. The fraction of sp³-hybridized carbons (Fsp3) is 0.344. The molecule has 0 aliphatic heterocycles. The van der Waals surface area contributed by atoms with E-state index in [0.29, 0.717) is 71.7 Å². The Morgan fingerprint density at radius 1 is 1.09 bits per heavy atom. The number of esters is 1. The topological polar surface area (TPSA) is 171 Å². The molecule has 46 heavy (non-hydrogen) atoms. The van der Waals surface area contributed by atoms with Crippen LogP contribution in [0.25, 0.3) is 27.0 Å². The highest BCUT2D eigenvalue weighted by molar-refractivity contribution is 5.96. The number of carbonyl (C=O) groups excluding carboxylic acids is 1. The van der Waals surface area contributed by atoms with Gasteiger partial charge in [-0.15, -0.1) is 5.10 Å². The van der Waals surface area contributed by atoms with Crippen molar-refractivity contribution in [3.63, 3.8) is 0 Å². The molecule has 0 saturated heterocycles. The van der Waals surface area contributed by atoms with Crippen molar-refractivity contribution in [2.75, 3.05) is 33.3 Å². The zero-order valence-electron chi connectivity index (χ0n) is 25.9. The first-order chi connectivity index (χ1) is 22.4. The van der Waals surface area contributed by atoms with Gasteiger partial charge in [-0.2, -0.15) is 4.52 Å². The number of aromatic nitrogens is 5. The van der Waals surface area contributed by atoms with E-state index in [4.69, 9.17) is 34.0 Å². The number of para-hydroxylation sites is 1. The molecule has 3 aromatic heterocycles. The number of methoxy groups -OCH3 is 3. The molecule has 0 amide bonds. The molecule has 0 atom stereocenters. The summed E-state index contributed by atoms with van der Waals surface area (Å²) in [6, 6.07) is 14.6. The van der Waals surface area contributed by atoms with Crippen LogP contribution in [0.5, 0.6) is 17.2 Å². The Balaban J connectivity index is 1.32. The summed E-state index contributed by atoms with van der Waals surface area (Å²) in [6.07, 6.45) is 3.23. The first-order valence-electron chi connectivity index (χ1n) is 14.8. The molecule has 0 bridgehead atoms. The summed E-state index contributed by atoms with van der Waals surface area (Å²) < 4.78 is 23.4. The number of pyridine rings is 1. The molecule has 6 rings (SSSR count). The monoisotopic (exact) mass is 623 g/mol. The maximum atomic E-state index is 12.2. The van der Waals surface area contributed by atoms with Crippen LogP contribution in [0.4, 0.5) is 5.95 Å². The molecular formula is C32H33N9O5. The van der Waals surface area contributed by atoms with Gasteiger partial charge in [0.25, 0.3) is 0 Å². The molecule has 1 fully saturated rings. The number of nitrogens with zero attached hydrogens (tertiary/aromatic N) is 8. The van der Waals surface area contributed by atoms with Gasteiger partial charge in [-0.05, 0) is 60.7 Å². The average molecular weight is 624 g/mol. The van der Waals surface area contributed by atoms with Crippen LogP contribution in [0, 0.1) is 0 Å². The third-order valence-corrected chi connectivity index (χ3v) is 8.15. The van der Waals surface area contributed by atoms with Crippen molar-refractivity contribution in [2.45, 2.75) is 44.2 Å². The highest BCUT2D eigenvalue weighted by Gasteiger charge is 2.48. The molecule has 14 nitrogen and oxygen atoms in total. The Morgan fingerprint density at radius 3 is 2.61 bits per heavy atom. The van der Waals surface area contributed by atoms with Gasteiger partial charge >= 0.3 is 5.97 Å². The van der Waals surface area contributed by atoms with Crippen molar-refractivity contribution in [1.29, 1.82) is 0 Å². The van der Waals surface area contributed by atoms with Crippen LogP contribution in [-0.2, 0) is 16.8 Å². The molecule has 1 N–H and O–H groups in total. The van der Waals surface area contributed by atoms with Gasteiger partial charge in [0.1, 0.15) is 28.5 Å². The molecule has 14 heteroatoms. The third kappa shape index (κ3) is 5.54. The standard InChI is InChI=1S/C32H33N9O5/c1-5-13-46-30(42)24-12-10-21(18-34-24)32(39-40-33)15-20(16-32)28-37-29-23-7-6-8-25(44-3)27(23)36-31(41(29)38-28)35-17-19-9-11-22(43-2)14-26(19)45-4/h6-12,14,18,20H,5,13,15-17H2,1-4H3,(H,35,36)/t20-,32-. The Morgan fingerprint density at radius 2 is 1.91 bits per heavy atom. The molecule has 1 aliphatic carbocycles. The Bertz CT molecular complexity index is 1950. The highest BCUT2D eigenvalue weighted by Crippen LogP contribution is 2.53. The maximum Gasteiger partial charge on any atom is 0.356 e. The Hall–Kier alpha value is -5.62. The van der Waals surface area contributed by atoms with Crippen LogP contribution in [-0.4, -0.2) is 58.5 Å². The lowest BCUT2D eigenvalue weighted by Gasteiger charge is -2.43. The lowest BCUT2D eigenvalue weighted by atomic mass is 9.65. The minimum absolute atomic E-state index is 0.102. The summed E-state index contributed by atoms with van der Waals surface area (Å²) >= 11 is 0. The number of nitrogens with one attached hydrogen (secondary N) is 1. The van der Waals surface area contributed by atoms with E-state index in [0.717, 1.165) is 17.4 Å². The van der Waals surface area contributed by atoms with E-state index in [9.17, 15) is 10.3 Å². The summed E-state index contributed by atoms with van der Waals surface area (Å²) in [7, 11) is 4.82. The van der Waals surface area contributed by atoms with E-state index in [-0.39, 0.29) is 11.6 Å². The number of benzene rings is 2. The van der Waals surface area contributed by atoms with Crippen LogP contribution in [0.1, 0.15) is 59.5 Å². The summed E-state index contributed by atoms with van der Waals surface area (Å²) in [5.41, 5.74) is 11.7. The van der Waals surface area contributed by atoms with Gasteiger partial charge in [0.15, 0.2) is 11.5 Å². The summed E-state index contributed by atoms with van der Waals surface area (Å²) in [5.74, 6) is 2.45. The SMILES string of the molecule is CCCOC(=O)c1ccc([C@]2(N=[N+]=[N-])C[C@H](c3nc4c5cccc(OC)c5nc(NCc5ccc(OC)cc5OC)n4n3)C2)cn1. The molecule has 2 aromatic carbocycles. The van der Waals surface area contributed by atoms with Gasteiger partial charge in [-0.3, -0.25) is 0 Å². The quantitative estimate of drug-likeness (QED) is 0.0756. The van der Waals surface area contributed by atoms with E-state index in [2.05, 4.69) is 20.3 Å². The number of rotatable bonds is 12. The Kier molecular flexibility index (Phi) is 8.45. The van der Waals surface area contributed by atoms with Crippen LogP contribution in [0.2, 0.25) is 0 Å². The number of ether oxygens (including phenoxy) is 4. The molecule has 0 unspecified atom stereocenters. The molecule has 5 aromatic rings. The van der Waals surface area contributed by atoms with E-state index >= 15 is 0 Å². The van der Waals surface area contributed by atoms with Crippen molar-refractivity contribution in [2.24, 2.45) is 5.11 Å². The van der Waals surface area contributed by atoms with E-state index in [1.54, 1.807) is 44.2 Å². The number of fused-ring (bicyclic) bond motifs is 3. The van der Waals surface area contributed by atoms with Crippen molar-refractivity contribution >= 4 is 28.5 Å². The average Bonchev–Trinajstić information content (AvgIpc) is 3.53. The minimum atomic E-state index is -0.842. The van der Waals surface area contributed by atoms with Gasteiger partial charge in [0.2, 0.25) is 5.95 Å².